The van der Waals surface area contributed by atoms with Crippen LogP contribution in [0, 0.1) is 0 Å². The minimum atomic E-state index is -0.0613. The summed E-state index contributed by atoms with van der Waals surface area (Å²) >= 11 is 0. The average Bonchev–Trinajstić information content (AvgIpc) is 2.79. The number of likely N-dealkylation sites (N-methyl/N-ethyl adjacent to an activating group) is 1. The van der Waals surface area contributed by atoms with Gasteiger partial charge in [0.25, 0.3) is 0 Å². The molecule has 3 heteroatoms. The number of carbonyl (C=O) groups is 1. The maximum absolute atomic E-state index is 11.6. The molecule has 0 aliphatic rings. The first-order valence-corrected chi connectivity index (χ1v) is 14.6. The van der Waals surface area contributed by atoms with Gasteiger partial charge >= 0.3 is 5.97 Å². The van der Waals surface area contributed by atoms with E-state index in [0.29, 0.717) is 13.0 Å². The standard InChI is InChI=1S/C30H59NO2/c1-4-5-6-7-8-9-10-11-12-13-14-15-16-17-18-19-20-21-22-23-24-25-26-27-30(32)33-29-28-31(2)3/h23-24H,4-22,25-29H2,1-3H3. The third kappa shape index (κ3) is 29.1. The predicted molar refractivity (Wildman–Crippen MR) is 146 cm³/mol. The normalized spacial score (nSPS) is 11.6. The Hall–Kier alpha value is -0.830. The number of ether oxygens (including phenoxy) is 1. The van der Waals surface area contributed by atoms with Crippen LogP contribution in [0.3, 0.4) is 0 Å². The SMILES string of the molecule is CCCCCCCCCCCCCCCCCCCCC=CCCCC(=O)OCCN(C)C. The van der Waals surface area contributed by atoms with E-state index in [9.17, 15) is 4.79 Å². The zero-order valence-electron chi connectivity index (χ0n) is 22.9. The fourth-order valence-corrected chi connectivity index (χ4v) is 4.18. The Morgan fingerprint density at radius 2 is 1.00 bits per heavy atom. The summed E-state index contributed by atoms with van der Waals surface area (Å²) in [6.07, 6.45) is 33.9. The Labute approximate surface area is 208 Å². The number of rotatable bonds is 26. The summed E-state index contributed by atoms with van der Waals surface area (Å²) in [6.45, 7) is 3.59. The van der Waals surface area contributed by atoms with Crippen molar-refractivity contribution in [1.29, 1.82) is 0 Å². The minimum Gasteiger partial charge on any atom is -0.464 e. The lowest BCUT2D eigenvalue weighted by atomic mass is 10.0. The first kappa shape index (κ1) is 32.2. The molecule has 196 valence electrons. The molecule has 0 aromatic carbocycles. The number of esters is 1. The van der Waals surface area contributed by atoms with Crippen LogP contribution in [0.2, 0.25) is 0 Å². The van der Waals surface area contributed by atoms with Gasteiger partial charge < -0.3 is 9.64 Å². The molecule has 33 heavy (non-hydrogen) atoms. The number of hydrogen-bond donors (Lipinski definition) is 0. The highest BCUT2D eigenvalue weighted by molar-refractivity contribution is 5.69. The molecular formula is C30H59NO2. The zero-order valence-corrected chi connectivity index (χ0v) is 22.9. The summed E-state index contributed by atoms with van der Waals surface area (Å²) in [5, 5.41) is 0. The molecule has 0 aliphatic carbocycles. The summed E-state index contributed by atoms with van der Waals surface area (Å²) in [5.74, 6) is -0.0613. The van der Waals surface area contributed by atoms with E-state index in [-0.39, 0.29) is 5.97 Å². The van der Waals surface area contributed by atoms with E-state index in [4.69, 9.17) is 4.74 Å². The van der Waals surface area contributed by atoms with Crippen molar-refractivity contribution in [3.05, 3.63) is 12.2 Å². The summed E-state index contributed by atoms with van der Waals surface area (Å²) < 4.78 is 5.20. The van der Waals surface area contributed by atoms with Gasteiger partial charge in [-0.3, -0.25) is 4.79 Å². The van der Waals surface area contributed by atoms with Crippen LogP contribution in [0.25, 0.3) is 0 Å². The molecule has 0 rings (SSSR count). The first-order chi connectivity index (χ1) is 16.2. The molecule has 0 radical (unpaired) electrons. The fraction of sp³-hybridized carbons (Fsp3) is 0.900. The van der Waals surface area contributed by atoms with Gasteiger partial charge in [-0.25, -0.2) is 0 Å². The second kappa shape index (κ2) is 27.4. The maximum atomic E-state index is 11.6. The minimum absolute atomic E-state index is 0.0613. The van der Waals surface area contributed by atoms with Crippen molar-refractivity contribution in [3.63, 3.8) is 0 Å². The number of nitrogens with zero attached hydrogens (tertiary/aromatic N) is 1. The molecule has 0 heterocycles. The lowest BCUT2D eigenvalue weighted by Gasteiger charge is -2.09. The molecule has 0 aliphatic heterocycles. The van der Waals surface area contributed by atoms with Gasteiger partial charge in [-0.2, -0.15) is 0 Å². The van der Waals surface area contributed by atoms with Gasteiger partial charge in [0.05, 0.1) is 0 Å². The predicted octanol–water partition coefficient (Wildman–Crippen LogP) is 9.25. The highest BCUT2D eigenvalue weighted by Gasteiger charge is 2.01. The van der Waals surface area contributed by atoms with Crippen molar-refractivity contribution in [3.8, 4) is 0 Å². The number of carbonyl (C=O) groups excluding carboxylic acids is 1. The van der Waals surface area contributed by atoms with Crippen molar-refractivity contribution in [1.82, 2.24) is 4.90 Å². The molecule has 0 atom stereocenters. The molecule has 0 spiro atoms. The van der Waals surface area contributed by atoms with Gasteiger partial charge in [-0.15, -0.1) is 0 Å². The van der Waals surface area contributed by atoms with Crippen LogP contribution in [-0.2, 0) is 9.53 Å². The molecule has 0 fully saturated rings. The summed E-state index contributed by atoms with van der Waals surface area (Å²) in [5.41, 5.74) is 0. The third-order valence-corrected chi connectivity index (χ3v) is 6.44. The third-order valence-electron chi connectivity index (χ3n) is 6.44. The summed E-state index contributed by atoms with van der Waals surface area (Å²) in [7, 11) is 3.97. The lowest BCUT2D eigenvalue weighted by Crippen LogP contribution is -2.20. The largest absolute Gasteiger partial charge is 0.464 e. The van der Waals surface area contributed by atoms with Crippen LogP contribution >= 0.6 is 0 Å². The Morgan fingerprint density at radius 3 is 1.42 bits per heavy atom. The van der Waals surface area contributed by atoms with Crippen molar-refractivity contribution < 1.29 is 9.53 Å². The molecule has 3 nitrogen and oxygen atoms in total. The van der Waals surface area contributed by atoms with Crippen molar-refractivity contribution in [2.45, 2.75) is 148 Å². The van der Waals surface area contributed by atoms with Crippen LogP contribution in [-0.4, -0.2) is 38.1 Å². The smallest absolute Gasteiger partial charge is 0.305 e. The fourth-order valence-electron chi connectivity index (χ4n) is 4.18. The van der Waals surface area contributed by atoms with Gasteiger partial charge in [0.15, 0.2) is 0 Å². The average molecular weight is 466 g/mol. The topological polar surface area (TPSA) is 29.5 Å². The van der Waals surface area contributed by atoms with Gasteiger partial charge in [0.2, 0.25) is 0 Å². The summed E-state index contributed by atoms with van der Waals surface area (Å²) in [6, 6.07) is 0. The summed E-state index contributed by atoms with van der Waals surface area (Å²) in [4.78, 5) is 13.6. The molecule has 0 bridgehead atoms. The van der Waals surface area contributed by atoms with Gasteiger partial charge in [-0.05, 0) is 39.8 Å². The highest BCUT2D eigenvalue weighted by atomic mass is 16.5. The Kier molecular flexibility index (Phi) is 26.7. The molecule has 0 unspecified atom stereocenters. The van der Waals surface area contributed by atoms with Crippen LogP contribution in [0.1, 0.15) is 148 Å². The van der Waals surface area contributed by atoms with Crippen molar-refractivity contribution in [2.75, 3.05) is 27.2 Å². The van der Waals surface area contributed by atoms with E-state index in [0.717, 1.165) is 19.4 Å². The monoisotopic (exact) mass is 465 g/mol. The molecule has 0 aromatic rings. The molecule has 0 saturated carbocycles. The molecule has 0 saturated heterocycles. The number of allylic oxidation sites excluding steroid dienone is 2. The Balaban J connectivity index is 3.15. The van der Waals surface area contributed by atoms with E-state index in [1.54, 1.807) is 0 Å². The second-order valence-corrected chi connectivity index (χ2v) is 10.2. The molecule has 0 N–H and O–H groups in total. The van der Waals surface area contributed by atoms with Crippen molar-refractivity contribution >= 4 is 5.97 Å². The van der Waals surface area contributed by atoms with E-state index in [2.05, 4.69) is 19.1 Å². The lowest BCUT2D eigenvalue weighted by molar-refractivity contribution is -0.144. The zero-order chi connectivity index (χ0) is 24.2. The van der Waals surface area contributed by atoms with E-state index >= 15 is 0 Å². The van der Waals surface area contributed by atoms with Gasteiger partial charge in [0, 0.05) is 13.0 Å². The van der Waals surface area contributed by atoms with Crippen LogP contribution < -0.4 is 0 Å². The van der Waals surface area contributed by atoms with Gasteiger partial charge in [0.1, 0.15) is 6.61 Å². The van der Waals surface area contributed by atoms with Crippen LogP contribution in [0.4, 0.5) is 0 Å². The Morgan fingerprint density at radius 1 is 0.606 bits per heavy atom. The van der Waals surface area contributed by atoms with E-state index in [1.807, 2.05) is 19.0 Å². The van der Waals surface area contributed by atoms with Crippen LogP contribution in [0.15, 0.2) is 12.2 Å². The number of hydrogen-bond acceptors (Lipinski definition) is 3. The molecule has 0 aromatic heterocycles. The highest BCUT2D eigenvalue weighted by Crippen LogP contribution is 2.14. The first-order valence-electron chi connectivity index (χ1n) is 14.6. The maximum Gasteiger partial charge on any atom is 0.305 e. The van der Waals surface area contributed by atoms with Crippen molar-refractivity contribution in [2.24, 2.45) is 0 Å². The van der Waals surface area contributed by atoms with E-state index in [1.165, 1.54) is 122 Å². The second-order valence-electron chi connectivity index (χ2n) is 10.2. The van der Waals surface area contributed by atoms with Gasteiger partial charge in [-0.1, -0.05) is 128 Å². The molecule has 0 amide bonds. The Bertz CT molecular complexity index is 420. The quantitative estimate of drug-likeness (QED) is 0.0724. The van der Waals surface area contributed by atoms with E-state index < -0.39 is 0 Å². The molecular weight excluding hydrogens is 406 g/mol. The number of unbranched alkanes of at least 4 members (excludes halogenated alkanes) is 19. The van der Waals surface area contributed by atoms with Crippen LogP contribution in [0.5, 0.6) is 0 Å².